The number of phenolic OH excluding ortho intramolecular Hbond substituents is 3. The van der Waals surface area contributed by atoms with E-state index in [1.54, 1.807) is 12.1 Å². The maximum atomic E-state index is 13.2. The van der Waals surface area contributed by atoms with Gasteiger partial charge in [0.15, 0.2) is 11.5 Å². The number of aliphatic hydroxyl groups is 1. The third-order valence-electron chi connectivity index (χ3n) is 17.3. The highest BCUT2D eigenvalue weighted by atomic mass is 16.5. The molecule has 0 aromatic heterocycles. The summed E-state index contributed by atoms with van der Waals surface area (Å²) in [5, 5.41) is 53.6. The Morgan fingerprint density at radius 3 is 2.30 bits per heavy atom. The number of aliphatic carboxylic acids is 1. The van der Waals surface area contributed by atoms with Gasteiger partial charge in [0.1, 0.15) is 29.5 Å². The van der Waals surface area contributed by atoms with E-state index in [-0.39, 0.29) is 63.3 Å². The van der Waals surface area contributed by atoms with E-state index in [9.17, 15) is 30.3 Å². The van der Waals surface area contributed by atoms with Crippen LogP contribution in [0, 0.1) is 56.7 Å². The zero-order valence-electron chi connectivity index (χ0n) is 32.0. The second-order valence-corrected chi connectivity index (χ2v) is 19.5. The molecule has 5 aliphatic carbocycles. The average molecular weight is 725 g/mol. The minimum Gasteiger partial charge on any atom is -0.507 e. The van der Waals surface area contributed by atoms with Gasteiger partial charge in [-0.1, -0.05) is 52.8 Å². The van der Waals surface area contributed by atoms with Gasteiger partial charge in [0.25, 0.3) is 0 Å². The number of benzene rings is 2. The molecule has 2 aromatic carbocycles. The quantitative estimate of drug-likeness (QED) is 0.156. The van der Waals surface area contributed by atoms with Crippen molar-refractivity contribution in [2.45, 2.75) is 118 Å². The highest BCUT2D eigenvalue weighted by molar-refractivity contribution is 5.77. The van der Waals surface area contributed by atoms with Crippen molar-refractivity contribution < 1.29 is 39.8 Å². The predicted octanol–water partition coefficient (Wildman–Crippen LogP) is 8.95. The molecule has 7 aliphatic rings. The second-order valence-electron chi connectivity index (χ2n) is 19.5. The lowest BCUT2D eigenvalue weighted by atomic mass is 9.34. The molecule has 8 heteroatoms. The Bertz CT molecular complexity index is 1980. The number of carboxylic acids is 1. The monoisotopic (exact) mass is 724 g/mol. The molecule has 0 amide bonds. The number of carboxylic acid groups (broad SMARTS) is 1. The van der Waals surface area contributed by atoms with Crippen molar-refractivity contribution in [3.05, 3.63) is 58.7 Å². The van der Waals surface area contributed by atoms with Gasteiger partial charge in [-0.15, -0.1) is 0 Å². The van der Waals surface area contributed by atoms with Gasteiger partial charge < -0.3 is 35.0 Å². The first kappa shape index (κ1) is 35.1. The number of ether oxygens (including phenoxy) is 2. The normalized spacial score (nSPS) is 42.9. The number of aliphatic hydroxyl groups excluding tert-OH is 1. The average Bonchev–Trinajstić information content (AvgIpc) is 3.58. The van der Waals surface area contributed by atoms with E-state index in [1.165, 1.54) is 17.7 Å². The van der Waals surface area contributed by atoms with Gasteiger partial charge in [-0.2, -0.15) is 0 Å². The summed E-state index contributed by atoms with van der Waals surface area (Å²) in [6.45, 7) is 18.8. The molecular formula is C45H56O8. The zero-order chi connectivity index (χ0) is 37.8. The van der Waals surface area contributed by atoms with Crippen LogP contribution in [0.1, 0.15) is 116 Å². The molecule has 0 bridgehead atoms. The molecule has 9 rings (SSSR count). The highest BCUT2D eigenvalue weighted by Crippen LogP contribution is 2.79. The number of rotatable bonds is 3. The number of allylic oxidation sites excluding steroid dienone is 1. The Balaban J connectivity index is 1.15. The molecule has 0 radical (unpaired) electrons. The van der Waals surface area contributed by atoms with Crippen molar-refractivity contribution in [1.82, 2.24) is 0 Å². The molecule has 0 unspecified atom stereocenters. The summed E-state index contributed by atoms with van der Waals surface area (Å²) < 4.78 is 13.6. The topological polar surface area (TPSA) is 137 Å². The van der Waals surface area contributed by atoms with Crippen molar-refractivity contribution in [3.8, 4) is 28.7 Å². The van der Waals surface area contributed by atoms with E-state index in [2.05, 4.69) is 54.2 Å². The fourth-order valence-electron chi connectivity index (χ4n) is 14.7. The summed E-state index contributed by atoms with van der Waals surface area (Å²) >= 11 is 0. The van der Waals surface area contributed by atoms with Crippen LogP contribution in [-0.4, -0.2) is 43.7 Å². The van der Waals surface area contributed by atoms with Crippen LogP contribution in [0.2, 0.25) is 0 Å². The molecule has 8 nitrogen and oxygen atoms in total. The molecule has 53 heavy (non-hydrogen) atoms. The Morgan fingerprint density at radius 1 is 0.849 bits per heavy atom. The lowest BCUT2D eigenvalue weighted by Crippen LogP contribution is -2.64. The maximum Gasteiger partial charge on any atom is 0.309 e. The van der Waals surface area contributed by atoms with Gasteiger partial charge in [-0.05, 0) is 133 Å². The van der Waals surface area contributed by atoms with Gasteiger partial charge in [0, 0.05) is 23.5 Å². The van der Waals surface area contributed by atoms with Crippen LogP contribution in [0.5, 0.6) is 28.7 Å². The Hall–Kier alpha value is -3.65. The summed E-state index contributed by atoms with van der Waals surface area (Å²) in [7, 11) is 0. The van der Waals surface area contributed by atoms with Crippen molar-refractivity contribution in [3.63, 3.8) is 0 Å². The molecule has 2 aromatic rings. The first-order chi connectivity index (χ1) is 24.9. The van der Waals surface area contributed by atoms with Gasteiger partial charge >= 0.3 is 5.97 Å². The minimum atomic E-state index is -0.984. The Morgan fingerprint density at radius 2 is 1.60 bits per heavy atom. The predicted molar refractivity (Wildman–Crippen MR) is 201 cm³/mol. The lowest BCUT2D eigenvalue weighted by molar-refractivity contribution is -0.216. The van der Waals surface area contributed by atoms with E-state index in [0.29, 0.717) is 40.4 Å². The zero-order valence-corrected chi connectivity index (χ0v) is 32.0. The number of phenols is 3. The molecule has 0 spiro atoms. The van der Waals surface area contributed by atoms with Gasteiger partial charge in [-0.3, -0.25) is 4.79 Å². The third kappa shape index (κ3) is 4.25. The van der Waals surface area contributed by atoms with Crippen LogP contribution >= 0.6 is 0 Å². The summed E-state index contributed by atoms with van der Waals surface area (Å²) in [6, 6.07) is 6.11. The second kappa shape index (κ2) is 11.0. The van der Waals surface area contributed by atoms with Crippen molar-refractivity contribution in [2.24, 2.45) is 56.7 Å². The Labute approximate surface area is 312 Å². The summed E-state index contributed by atoms with van der Waals surface area (Å²) in [5.41, 5.74) is 3.17. The SMILES string of the molecule is C=C(C)[C@@H]1CC[C@]2(C(=O)O)CC[C@]3(C)[C@H](CC[C@@H]4[C@@]5(C)C6=Cc7c(cc(O)c8c7O[C@@H](c7ccc(O)c(O)c7)[C@@H](O)C8)O[C@H]6C(C)(C)[C@@H]5CC[C@]43C)[C@@H]12. The van der Waals surface area contributed by atoms with E-state index in [0.717, 1.165) is 62.5 Å². The largest absolute Gasteiger partial charge is 0.507 e. The first-order valence-electron chi connectivity index (χ1n) is 19.9. The molecule has 5 N–H and O–H groups in total. The Kier molecular flexibility index (Phi) is 7.27. The van der Waals surface area contributed by atoms with Gasteiger partial charge in [0.2, 0.25) is 0 Å². The summed E-state index contributed by atoms with van der Waals surface area (Å²) in [4.78, 5) is 13.2. The van der Waals surface area contributed by atoms with E-state index in [4.69, 9.17) is 9.47 Å². The lowest BCUT2D eigenvalue weighted by Gasteiger charge is -2.70. The van der Waals surface area contributed by atoms with Crippen LogP contribution in [-0.2, 0) is 11.2 Å². The van der Waals surface area contributed by atoms with Gasteiger partial charge in [0.05, 0.1) is 17.1 Å². The molecule has 2 aliphatic heterocycles. The molecule has 12 atom stereocenters. The van der Waals surface area contributed by atoms with Crippen LogP contribution in [0.4, 0.5) is 0 Å². The van der Waals surface area contributed by atoms with Crippen LogP contribution in [0.15, 0.2) is 42.0 Å². The highest BCUT2D eigenvalue weighted by Gasteiger charge is 2.74. The summed E-state index contributed by atoms with van der Waals surface area (Å²) in [5.74, 6) is 1.34. The van der Waals surface area contributed by atoms with Crippen molar-refractivity contribution >= 4 is 12.0 Å². The van der Waals surface area contributed by atoms with E-state index in [1.807, 2.05) is 0 Å². The molecule has 5 fully saturated rings. The first-order valence-corrected chi connectivity index (χ1v) is 19.9. The molecule has 2 heterocycles. The van der Waals surface area contributed by atoms with Crippen molar-refractivity contribution in [2.75, 3.05) is 0 Å². The fourth-order valence-corrected chi connectivity index (χ4v) is 14.7. The molecular weight excluding hydrogens is 668 g/mol. The van der Waals surface area contributed by atoms with Crippen molar-refractivity contribution in [1.29, 1.82) is 0 Å². The smallest absolute Gasteiger partial charge is 0.309 e. The van der Waals surface area contributed by atoms with Crippen LogP contribution in [0.25, 0.3) is 6.08 Å². The molecule has 284 valence electrons. The number of aromatic hydroxyl groups is 3. The standard InChI is InChI=1S/C45H56O8/c1-22(2)24-12-15-45(40(50)51)17-16-42(5)27(36(24)45)9-11-35-43(42,6)14-13-34-41(3,4)39-28(44(34,35)7)19-26-33(52-39)21-30(47)25-20-32(49)37(53-38(25)26)23-8-10-29(46)31(48)18-23/h8,10,18-19,21,24,27,32,34-37,39,46-49H,1,9,11-17,20H2,2-7H3,(H,50,51)/t24-,27+,32-,34-,35-,36+,37-,39+,42+,43+,44-,45-/m0/s1. The van der Waals surface area contributed by atoms with E-state index >= 15 is 0 Å². The minimum absolute atomic E-state index is 0.0128. The fraction of sp³-hybridized carbons (Fsp3) is 0.622. The van der Waals surface area contributed by atoms with Crippen LogP contribution < -0.4 is 9.47 Å². The van der Waals surface area contributed by atoms with Crippen LogP contribution in [0.3, 0.4) is 0 Å². The van der Waals surface area contributed by atoms with E-state index < -0.39 is 23.6 Å². The molecule has 0 saturated heterocycles. The molecule has 5 saturated carbocycles. The third-order valence-corrected chi connectivity index (χ3v) is 17.3. The number of hydrogen-bond donors (Lipinski definition) is 5. The number of fused-ring (bicyclic) bond motifs is 12. The number of hydrogen-bond acceptors (Lipinski definition) is 7. The maximum absolute atomic E-state index is 13.2. The summed E-state index contributed by atoms with van der Waals surface area (Å²) in [6.07, 6.45) is 8.00. The van der Waals surface area contributed by atoms with Gasteiger partial charge in [-0.25, -0.2) is 0 Å². The number of carbonyl (C=O) groups is 1.